The van der Waals surface area contributed by atoms with Gasteiger partial charge in [-0.05, 0) is 29.7 Å². The summed E-state index contributed by atoms with van der Waals surface area (Å²) in [6.45, 7) is 3.07. The van der Waals surface area contributed by atoms with Crippen LogP contribution in [-0.4, -0.2) is 31.7 Å². The minimum atomic E-state index is 0.00361. The van der Waals surface area contributed by atoms with E-state index >= 15 is 0 Å². The van der Waals surface area contributed by atoms with Gasteiger partial charge in [0.2, 0.25) is 11.1 Å². The van der Waals surface area contributed by atoms with Gasteiger partial charge in [-0.3, -0.25) is 9.89 Å². The van der Waals surface area contributed by atoms with Crippen molar-refractivity contribution in [3.05, 3.63) is 89.9 Å². The van der Waals surface area contributed by atoms with Crippen LogP contribution in [0.1, 0.15) is 23.8 Å². The van der Waals surface area contributed by atoms with Crippen molar-refractivity contribution < 1.29 is 9.21 Å². The van der Waals surface area contributed by atoms with Crippen molar-refractivity contribution in [1.29, 1.82) is 0 Å². The number of hydrogen-bond donors (Lipinski definition) is 1. The van der Waals surface area contributed by atoms with E-state index in [-0.39, 0.29) is 11.7 Å². The second-order valence-corrected chi connectivity index (χ2v) is 8.06. The SMILES string of the molecule is CCc1ccc(-c2nc(SCC(=O)N(Cc3ccccc3)Cc3ccco3)n[nH]2)cc1. The van der Waals surface area contributed by atoms with E-state index in [4.69, 9.17) is 4.42 Å². The zero-order valence-corrected chi connectivity index (χ0v) is 18.1. The first-order valence-electron chi connectivity index (χ1n) is 10.2. The first-order valence-corrected chi connectivity index (χ1v) is 11.2. The van der Waals surface area contributed by atoms with E-state index in [9.17, 15) is 4.79 Å². The van der Waals surface area contributed by atoms with Gasteiger partial charge in [-0.25, -0.2) is 4.98 Å². The van der Waals surface area contributed by atoms with Crippen LogP contribution in [0.3, 0.4) is 0 Å². The third-order valence-electron chi connectivity index (χ3n) is 4.92. The summed E-state index contributed by atoms with van der Waals surface area (Å²) >= 11 is 1.33. The first kappa shape index (κ1) is 20.9. The van der Waals surface area contributed by atoms with Gasteiger partial charge in [-0.15, -0.1) is 5.10 Å². The highest BCUT2D eigenvalue weighted by atomic mass is 32.2. The Balaban J connectivity index is 1.40. The highest BCUT2D eigenvalue weighted by molar-refractivity contribution is 7.99. The second kappa shape index (κ2) is 10.1. The lowest BCUT2D eigenvalue weighted by Gasteiger charge is -2.21. The molecule has 0 aliphatic heterocycles. The molecular formula is C24H24N4O2S. The van der Waals surface area contributed by atoms with Crippen LogP contribution in [0.2, 0.25) is 0 Å². The van der Waals surface area contributed by atoms with E-state index < -0.39 is 0 Å². The van der Waals surface area contributed by atoms with Crippen LogP contribution < -0.4 is 0 Å². The Morgan fingerprint density at radius 3 is 2.52 bits per heavy atom. The third-order valence-corrected chi connectivity index (χ3v) is 5.75. The fraction of sp³-hybridized carbons (Fsp3) is 0.208. The number of H-pyrrole nitrogens is 1. The van der Waals surface area contributed by atoms with Gasteiger partial charge < -0.3 is 9.32 Å². The number of rotatable bonds is 9. The molecule has 0 radical (unpaired) electrons. The largest absolute Gasteiger partial charge is 0.467 e. The van der Waals surface area contributed by atoms with Gasteiger partial charge in [0.25, 0.3) is 0 Å². The van der Waals surface area contributed by atoms with E-state index in [2.05, 4.69) is 34.2 Å². The van der Waals surface area contributed by atoms with Crippen LogP contribution >= 0.6 is 11.8 Å². The Bertz CT molecular complexity index is 1090. The lowest BCUT2D eigenvalue weighted by atomic mass is 10.1. The maximum Gasteiger partial charge on any atom is 0.233 e. The van der Waals surface area contributed by atoms with Gasteiger partial charge in [0.15, 0.2) is 5.82 Å². The summed E-state index contributed by atoms with van der Waals surface area (Å²) in [4.78, 5) is 19.3. The summed E-state index contributed by atoms with van der Waals surface area (Å²) in [6, 6.07) is 21.9. The zero-order chi connectivity index (χ0) is 21.5. The summed E-state index contributed by atoms with van der Waals surface area (Å²) < 4.78 is 5.45. The maximum absolute atomic E-state index is 13.0. The number of amides is 1. The highest BCUT2D eigenvalue weighted by Gasteiger charge is 2.17. The minimum Gasteiger partial charge on any atom is -0.467 e. The number of carbonyl (C=O) groups excluding carboxylic acids is 1. The smallest absolute Gasteiger partial charge is 0.233 e. The second-order valence-electron chi connectivity index (χ2n) is 7.12. The molecule has 6 nitrogen and oxygen atoms in total. The molecule has 0 aliphatic carbocycles. The molecule has 1 N–H and O–H groups in total. The molecule has 0 saturated carbocycles. The highest BCUT2D eigenvalue weighted by Crippen LogP contribution is 2.21. The van der Waals surface area contributed by atoms with Crippen molar-refractivity contribution in [2.75, 3.05) is 5.75 Å². The number of aryl methyl sites for hydroxylation is 1. The fourth-order valence-electron chi connectivity index (χ4n) is 3.18. The number of furan rings is 1. The van der Waals surface area contributed by atoms with E-state index in [0.29, 0.717) is 24.1 Å². The van der Waals surface area contributed by atoms with E-state index in [1.54, 1.807) is 11.2 Å². The number of aromatic nitrogens is 3. The first-order chi connectivity index (χ1) is 15.2. The number of hydrogen-bond acceptors (Lipinski definition) is 5. The third kappa shape index (κ3) is 5.64. The molecule has 0 aliphatic rings. The standard InChI is InChI=1S/C24H24N4O2S/c1-2-18-10-12-20(13-11-18)23-25-24(27-26-23)31-17-22(29)28(16-21-9-6-14-30-21)15-19-7-4-3-5-8-19/h3-14H,2,15-17H2,1H3,(H,25,26,27). The fourth-order valence-corrected chi connectivity index (χ4v) is 3.88. The van der Waals surface area contributed by atoms with Gasteiger partial charge >= 0.3 is 0 Å². The summed E-state index contributed by atoms with van der Waals surface area (Å²) in [5.41, 5.74) is 3.33. The molecule has 7 heteroatoms. The summed E-state index contributed by atoms with van der Waals surface area (Å²) in [5.74, 6) is 1.71. The van der Waals surface area contributed by atoms with Crippen molar-refractivity contribution in [3.63, 3.8) is 0 Å². The van der Waals surface area contributed by atoms with Crippen molar-refractivity contribution in [2.24, 2.45) is 0 Å². The van der Waals surface area contributed by atoms with E-state index in [1.165, 1.54) is 17.3 Å². The lowest BCUT2D eigenvalue weighted by molar-refractivity contribution is -0.129. The molecule has 0 unspecified atom stereocenters. The van der Waals surface area contributed by atoms with Crippen molar-refractivity contribution in [3.8, 4) is 11.4 Å². The summed E-state index contributed by atoms with van der Waals surface area (Å²) in [6.07, 6.45) is 2.62. The van der Waals surface area contributed by atoms with Crippen molar-refractivity contribution >= 4 is 17.7 Å². The zero-order valence-electron chi connectivity index (χ0n) is 17.3. The molecule has 4 aromatic rings. The average molecular weight is 433 g/mol. The predicted octanol–water partition coefficient (Wildman–Crippen LogP) is 4.95. The van der Waals surface area contributed by atoms with Gasteiger partial charge in [0, 0.05) is 12.1 Å². The van der Waals surface area contributed by atoms with Crippen molar-refractivity contribution in [1.82, 2.24) is 20.1 Å². The van der Waals surface area contributed by atoms with Gasteiger partial charge in [0.1, 0.15) is 5.76 Å². The number of carbonyl (C=O) groups is 1. The Kier molecular flexibility index (Phi) is 6.84. The molecule has 0 atom stereocenters. The number of thioether (sulfide) groups is 1. The lowest BCUT2D eigenvalue weighted by Crippen LogP contribution is -2.31. The van der Waals surface area contributed by atoms with Crippen LogP contribution in [0.25, 0.3) is 11.4 Å². The molecule has 1 amide bonds. The quantitative estimate of drug-likeness (QED) is 0.379. The molecule has 0 spiro atoms. The van der Waals surface area contributed by atoms with Crippen LogP contribution in [0.4, 0.5) is 0 Å². The average Bonchev–Trinajstić information content (AvgIpc) is 3.50. The molecule has 4 rings (SSSR count). The molecular weight excluding hydrogens is 408 g/mol. The molecule has 31 heavy (non-hydrogen) atoms. The maximum atomic E-state index is 13.0. The van der Waals surface area contributed by atoms with Crippen LogP contribution in [0.15, 0.2) is 82.6 Å². The summed E-state index contributed by atoms with van der Waals surface area (Å²) in [5, 5.41) is 7.79. The Morgan fingerprint density at radius 2 is 1.81 bits per heavy atom. The summed E-state index contributed by atoms with van der Waals surface area (Å²) in [7, 11) is 0. The number of aromatic amines is 1. The predicted molar refractivity (Wildman–Crippen MR) is 121 cm³/mol. The number of benzene rings is 2. The Hall–Kier alpha value is -3.32. The number of nitrogens with one attached hydrogen (secondary N) is 1. The molecule has 0 saturated heterocycles. The van der Waals surface area contributed by atoms with E-state index in [0.717, 1.165) is 23.3 Å². The van der Waals surface area contributed by atoms with Gasteiger partial charge in [-0.1, -0.05) is 73.3 Å². The minimum absolute atomic E-state index is 0.00361. The van der Waals surface area contributed by atoms with Crippen LogP contribution in [-0.2, 0) is 24.3 Å². The molecule has 0 fully saturated rings. The van der Waals surface area contributed by atoms with Crippen molar-refractivity contribution in [2.45, 2.75) is 31.6 Å². The van der Waals surface area contributed by atoms with E-state index in [1.807, 2.05) is 54.6 Å². The van der Waals surface area contributed by atoms with Crippen LogP contribution in [0, 0.1) is 0 Å². The normalized spacial score (nSPS) is 10.9. The topological polar surface area (TPSA) is 75.0 Å². The molecule has 158 valence electrons. The van der Waals surface area contributed by atoms with Gasteiger partial charge in [0.05, 0.1) is 18.6 Å². The Morgan fingerprint density at radius 1 is 1.00 bits per heavy atom. The monoisotopic (exact) mass is 432 g/mol. The molecule has 2 aromatic carbocycles. The van der Waals surface area contributed by atoms with Crippen LogP contribution in [0.5, 0.6) is 0 Å². The Labute approximate surface area is 185 Å². The molecule has 2 aromatic heterocycles. The molecule has 0 bridgehead atoms. The molecule has 2 heterocycles. The van der Waals surface area contributed by atoms with Gasteiger partial charge in [-0.2, -0.15) is 0 Å². The number of nitrogens with zero attached hydrogens (tertiary/aromatic N) is 3.